The summed E-state index contributed by atoms with van der Waals surface area (Å²) in [7, 11) is 0. The number of nitrogens with two attached hydrogens (primary N) is 1. The first-order chi connectivity index (χ1) is 4.86. The molecule has 0 saturated carbocycles. The molecule has 1 aromatic carbocycles. The van der Waals surface area contributed by atoms with E-state index in [0.29, 0.717) is 0 Å². The number of hydrogen-bond acceptors (Lipinski definition) is 2. The number of rotatable bonds is 0. The first-order valence-corrected chi connectivity index (χ1v) is 3.83. The van der Waals surface area contributed by atoms with Crippen LogP contribution in [0.4, 0.5) is 5.69 Å². The van der Waals surface area contributed by atoms with E-state index in [1.807, 2.05) is 24.3 Å². The summed E-state index contributed by atoms with van der Waals surface area (Å²) in [5, 5.41) is 4.24. The molecule has 1 radical (unpaired) electrons. The fourth-order valence-electron chi connectivity index (χ4n) is 0.929. The van der Waals surface area contributed by atoms with Crippen LogP contribution in [-0.4, -0.2) is 0 Å². The molecule has 2 N–H and O–H groups in total. The van der Waals surface area contributed by atoms with Gasteiger partial charge < -0.3 is 5.73 Å². The molecule has 49 valence electrons. The first kappa shape index (κ1) is 5.74. The van der Waals surface area contributed by atoms with Crippen molar-refractivity contribution in [3.05, 3.63) is 29.6 Å². The van der Waals surface area contributed by atoms with E-state index in [-0.39, 0.29) is 0 Å². The van der Waals surface area contributed by atoms with E-state index in [1.54, 1.807) is 11.3 Å². The standard InChI is InChI=1S/C8H6NS/c9-7-1-2-8-6(5-7)3-4-10-8/h1-3,5H,9H2. The van der Waals surface area contributed by atoms with Gasteiger partial charge in [-0.25, -0.2) is 0 Å². The summed E-state index contributed by atoms with van der Waals surface area (Å²) >= 11 is 1.62. The van der Waals surface area contributed by atoms with Crippen LogP contribution in [0, 0.1) is 5.38 Å². The molecule has 0 amide bonds. The Morgan fingerprint density at radius 2 is 2.30 bits per heavy atom. The van der Waals surface area contributed by atoms with Gasteiger partial charge in [0.1, 0.15) is 0 Å². The zero-order chi connectivity index (χ0) is 6.97. The van der Waals surface area contributed by atoms with Gasteiger partial charge >= 0.3 is 0 Å². The second-order valence-electron chi connectivity index (χ2n) is 2.16. The lowest BCUT2D eigenvalue weighted by Gasteiger charge is -1.90. The highest BCUT2D eigenvalue weighted by Gasteiger charge is 1.92. The Morgan fingerprint density at radius 1 is 1.40 bits per heavy atom. The maximum atomic E-state index is 5.57. The molecular formula is C8H6NS. The molecular weight excluding hydrogens is 142 g/mol. The smallest absolute Gasteiger partial charge is 0.0455 e. The van der Waals surface area contributed by atoms with Crippen LogP contribution in [0.2, 0.25) is 0 Å². The van der Waals surface area contributed by atoms with Crippen LogP contribution in [0.1, 0.15) is 0 Å². The summed E-state index contributed by atoms with van der Waals surface area (Å²) in [5.74, 6) is 0. The van der Waals surface area contributed by atoms with Gasteiger partial charge in [0.15, 0.2) is 0 Å². The van der Waals surface area contributed by atoms with Gasteiger partial charge in [0.25, 0.3) is 0 Å². The SMILES string of the molecule is Nc1ccc2s[c]cc2c1. The average Bonchev–Trinajstić information content (AvgIpc) is 2.33. The van der Waals surface area contributed by atoms with Crippen LogP contribution in [0.5, 0.6) is 0 Å². The molecule has 0 fully saturated rings. The third-order valence-electron chi connectivity index (χ3n) is 1.42. The lowest BCUT2D eigenvalue weighted by Crippen LogP contribution is -1.80. The molecule has 2 aromatic rings. The van der Waals surface area contributed by atoms with Crippen molar-refractivity contribution in [2.75, 3.05) is 5.73 Å². The number of benzene rings is 1. The summed E-state index contributed by atoms with van der Waals surface area (Å²) in [6.07, 6.45) is 0. The van der Waals surface area contributed by atoms with Gasteiger partial charge in [0, 0.05) is 15.8 Å². The number of thiophene rings is 1. The summed E-state index contributed by atoms with van der Waals surface area (Å²) in [4.78, 5) is 0. The Hall–Kier alpha value is -1.02. The van der Waals surface area contributed by atoms with Crippen LogP contribution < -0.4 is 5.73 Å². The third-order valence-corrected chi connectivity index (χ3v) is 2.24. The second-order valence-corrected chi connectivity index (χ2v) is 3.04. The number of hydrogen-bond donors (Lipinski definition) is 1. The van der Waals surface area contributed by atoms with E-state index < -0.39 is 0 Å². The van der Waals surface area contributed by atoms with E-state index in [9.17, 15) is 0 Å². The molecule has 1 heterocycles. The average molecular weight is 148 g/mol. The number of fused-ring (bicyclic) bond motifs is 1. The predicted octanol–water partition coefficient (Wildman–Crippen LogP) is 2.28. The van der Waals surface area contributed by atoms with Gasteiger partial charge in [0.2, 0.25) is 0 Å². The Kier molecular flexibility index (Phi) is 1.14. The van der Waals surface area contributed by atoms with Crippen LogP contribution in [0.25, 0.3) is 10.1 Å². The molecule has 0 bridgehead atoms. The number of nitrogen functional groups attached to an aromatic ring is 1. The van der Waals surface area contributed by atoms with Crippen molar-refractivity contribution in [3.8, 4) is 0 Å². The quantitative estimate of drug-likeness (QED) is 0.570. The zero-order valence-electron chi connectivity index (χ0n) is 5.29. The Bertz CT molecular complexity index is 351. The molecule has 0 atom stereocenters. The second kappa shape index (κ2) is 1.99. The molecule has 0 spiro atoms. The van der Waals surface area contributed by atoms with E-state index in [1.165, 1.54) is 10.1 Å². The molecule has 0 aliphatic heterocycles. The minimum atomic E-state index is 0.819. The van der Waals surface area contributed by atoms with Gasteiger partial charge in [-0.3, -0.25) is 0 Å². The summed E-state index contributed by atoms with van der Waals surface area (Å²) in [5.41, 5.74) is 6.39. The van der Waals surface area contributed by atoms with Gasteiger partial charge in [-0.1, -0.05) is 0 Å². The largest absolute Gasteiger partial charge is 0.399 e. The molecule has 1 nitrogen and oxygen atoms in total. The van der Waals surface area contributed by atoms with Crippen LogP contribution in [0.3, 0.4) is 0 Å². The summed E-state index contributed by atoms with van der Waals surface area (Å²) in [6, 6.07) is 7.84. The van der Waals surface area contributed by atoms with E-state index in [4.69, 9.17) is 5.73 Å². The van der Waals surface area contributed by atoms with Gasteiger partial charge in [-0.2, -0.15) is 0 Å². The molecule has 2 rings (SSSR count). The molecule has 0 saturated heterocycles. The lowest BCUT2D eigenvalue weighted by atomic mass is 10.2. The highest BCUT2D eigenvalue weighted by atomic mass is 32.1. The third kappa shape index (κ3) is 0.772. The Morgan fingerprint density at radius 3 is 3.20 bits per heavy atom. The maximum absolute atomic E-state index is 5.57. The zero-order valence-corrected chi connectivity index (χ0v) is 6.11. The van der Waals surface area contributed by atoms with E-state index in [2.05, 4.69) is 5.38 Å². The number of anilines is 1. The van der Waals surface area contributed by atoms with Crippen molar-refractivity contribution in [3.63, 3.8) is 0 Å². The molecule has 0 aliphatic rings. The van der Waals surface area contributed by atoms with Crippen molar-refractivity contribution in [2.45, 2.75) is 0 Å². The normalized spacial score (nSPS) is 10.4. The molecule has 0 aliphatic carbocycles. The maximum Gasteiger partial charge on any atom is 0.0455 e. The van der Waals surface area contributed by atoms with E-state index in [0.717, 1.165) is 5.69 Å². The van der Waals surface area contributed by atoms with Gasteiger partial charge in [-0.05, 0) is 29.7 Å². The highest BCUT2D eigenvalue weighted by Crippen LogP contribution is 2.21. The fraction of sp³-hybridized carbons (Fsp3) is 0. The van der Waals surface area contributed by atoms with Crippen molar-refractivity contribution >= 4 is 27.1 Å². The van der Waals surface area contributed by atoms with Crippen LogP contribution >= 0.6 is 11.3 Å². The monoisotopic (exact) mass is 148 g/mol. The van der Waals surface area contributed by atoms with Crippen LogP contribution in [0.15, 0.2) is 24.3 Å². The van der Waals surface area contributed by atoms with Crippen molar-refractivity contribution in [1.82, 2.24) is 0 Å². The highest BCUT2D eigenvalue weighted by molar-refractivity contribution is 7.16. The fourth-order valence-corrected chi connectivity index (χ4v) is 1.61. The summed E-state index contributed by atoms with van der Waals surface area (Å²) in [6.45, 7) is 0. The molecule has 2 heteroatoms. The lowest BCUT2D eigenvalue weighted by molar-refractivity contribution is 1.79. The Labute approximate surface area is 63.1 Å². The molecule has 1 aromatic heterocycles. The van der Waals surface area contributed by atoms with Crippen molar-refractivity contribution in [1.29, 1.82) is 0 Å². The topological polar surface area (TPSA) is 26.0 Å². The van der Waals surface area contributed by atoms with Crippen LogP contribution in [-0.2, 0) is 0 Å². The minimum absolute atomic E-state index is 0.819. The first-order valence-electron chi connectivity index (χ1n) is 3.01. The Balaban J connectivity index is 2.86. The molecule has 0 unspecified atom stereocenters. The minimum Gasteiger partial charge on any atom is -0.399 e. The van der Waals surface area contributed by atoms with Crippen molar-refractivity contribution < 1.29 is 0 Å². The van der Waals surface area contributed by atoms with E-state index >= 15 is 0 Å². The predicted molar refractivity (Wildman–Crippen MR) is 45.1 cm³/mol. The molecule has 10 heavy (non-hydrogen) atoms. The van der Waals surface area contributed by atoms with Gasteiger partial charge in [-0.15, -0.1) is 11.3 Å². The van der Waals surface area contributed by atoms with Crippen molar-refractivity contribution in [2.24, 2.45) is 0 Å². The van der Waals surface area contributed by atoms with Gasteiger partial charge in [0.05, 0.1) is 0 Å². The summed E-state index contributed by atoms with van der Waals surface area (Å²) < 4.78 is 1.24.